The zero-order valence-electron chi connectivity index (χ0n) is 6.99. The van der Waals surface area contributed by atoms with E-state index >= 15 is 0 Å². The van der Waals surface area contributed by atoms with Gasteiger partial charge in [0.1, 0.15) is 6.42 Å². The molecule has 1 aliphatic heterocycles. The Kier molecular flexibility index (Phi) is 3.32. The quantitative estimate of drug-likeness (QED) is 0.588. The lowest BCUT2D eigenvalue weighted by Crippen LogP contribution is -1.92. The molecule has 0 N–H and O–H groups in total. The van der Waals surface area contributed by atoms with E-state index in [-0.39, 0.29) is 12.0 Å². The van der Waals surface area contributed by atoms with Crippen molar-refractivity contribution in [1.82, 2.24) is 0 Å². The van der Waals surface area contributed by atoms with Crippen molar-refractivity contribution < 1.29 is 9.22 Å². The summed E-state index contributed by atoms with van der Waals surface area (Å²) in [6.45, 7) is 2.02. The van der Waals surface area contributed by atoms with Gasteiger partial charge in [-0.2, -0.15) is 9.98 Å². The molecule has 0 fully saturated rings. The Morgan fingerprint density at radius 2 is 2.17 bits per heavy atom. The summed E-state index contributed by atoms with van der Waals surface area (Å²) in [5.74, 6) is -0.261. The predicted molar refractivity (Wildman–Crippen MR) is 46.9 cm³/mol. The highest BCUT2D eigenvalue weighted by atomic mass is 16.5. The summed E-state index contributed by atoms with van der Waals surface area (Å²) in [6, 6.07) is 0.149. The molecule has 4 nitrogen and oxygen atoms in total. The number of urea groups is 1. The molecule has 2 amide bonds. The standard InChI is InChI=1S/C8H11N2O2/c1-2-3-4-7(11)12-8-9-5-6-10-8/h5-6H,2-4H2,1H3/q+1. The first-order valence-corrected chi connectivity index (χ1v) is 3.97. The Bertz CT molecular complexity index is 240. The van der Waals surface area contributed by atoms with Crippen molar-refractivity contribution >= 4 is 24.4 Å². The fourth-order valence-corrected chi connectivity index (χ4v) is 0.754. The summed E-state index contributed by atoms with van der Waals surface area (Å²) in [4.78, 5) is 18.4. The molecule has 0 aromatic heterocycles. The zero-order valence-corrected chi connectivity index (χ0v) is 6.99. The van der Waals surface area contributed by atoms with Crippen LogP contribution >= 0.6 is 0 Å². The molecule has 4 heteroatoms. The maximum Gasteiger partial charge on any atom is 0.583 e. The Hall–Kier alpha value is -1.32. The molecule has 1 aliphatic rings. The van der Waals surface area contributed by atoms with Crippen molar-refractivity contribution in [2.24, 2.45) is 9.98 Å². The first-order chi connectivity index (χ1) is 5.83. The van der Waals surface area contributed by atoms with E-state index in [1.807, 2.05) is 6.92 Å². The molecule has 64 valence electrons. The van der Waals surface area contributed by atoms with E-state index in [2.05, 4.69) is 9.98 Å². The maximum atomic E-state index is 11.0. The van der Waals surface area contributed by atoms with Gasteiger partial charge in [0.15, 0.2) is 0 Å². The van der Waals surface area contributed by atoms with Gasteiger partial charge in [0.2, 0.25) is 0 Å². The zero-order chi connectivity index (χ0) is 8.81. The van der Waals surface area contributed by atoms with Gasteiger partial charge in [-0.25, -0.2) is 4.42 Å². The molecule has 1 rings (SSSR count). The fraction of sp³-hybridized carbons (Fsp3) is 0.500. The largest absolute Gasteiger partial charge is 0.583 e. The first-order valence-electron chi connectivity index (χ1n) is 3.97. The second-order valence-electron chi connectivity index (χ2n) is 2.42. The van der Waals surface area contributed by atoms with Crippen molar-refractivity contribution in [1.29, 1.82) is 0 Å². The average Bonchev–Trinajstić information content (AvgIpc) is 2.53. The van der Waals surface area contributed by atoms with Crippen LogP contribution in [0.15, 0.2) is 9.98 Å². The minimum atomic E-state index is -0.261. The number of rotatable bonds is 3. The van der Waals surface area contributed by atoms with E-state index in [0.29, 0.717) is 6.42 Å². The molecule has 0 bridgehead atoms. The second kappa shape index (κ2) is 4.54. The Morgan fingerprint density at radius 3 is 2.75 bits per heavy atom. The van der Waals surface area contributed by atoms with Crippen LogP contribution in [0.5, 0.6) is 0 Å². The molecule has 0 unspecified atom stereocenters. The van der Waals surface area contributed by atoms with Gasteiger partial charge in [-0.3, -0.25) is 0 Å². The summed E-state index contributed by atoms with van der Waals surface area (Å²) in [5, 5.41) is 0. The number of carbonyl (C=O) groups excluding carboxylic acids is 2. The first kappa shape index (κ1) is 8.77. The lowest BCUT2D eigenvalue weighted by molar-refractivity contribution is -0.190. The van der Waals surface area contributed by atoms with E-state index in [4.69, 9.17) is 4.42 Å². The molecule has 1 heterocycles. The third-order valence-corrected chi connectivity index (χ3v) is 1.38. The van der Waals surface area contributed by atoms with Crippen LogP contribution in [-0.2, 0) is 4.79 Å². The minimum absolute atomic E-state index is 0.149. The van der Waals surface area contributed by atoms with Crippen LogP contribution in [0.25, 0.3) is 0 Å². The molecule has 0 aromatic carbocycles. The lowest BCUT2D eigenvalue weighted by Gasteiger charge is -1.82. The number of hydrogen-bond donors (Lipinski definition) is 0. The maximum absolute atomic E-state index is 11.0. The summed E-state index contributed by atoms with van der Waals surface area (Å²) >= 11 is 0. The van der Waals surface area contributed by atoms with Crippen molar-refractivity contribution in [2.75, 3.05) is 0 Å². The number of amides is 2. The highest BCUT2D eigenvalue weighted by Gasteiger charge is 2.16. The Morgan fingerprint density at radius 1 is 1.50 bits per heavy atom. The van der Waals surface area contributed by atoms with Gasteiger partial charge in [0.05, 0.1) is 12.4 Å². The molecular weight excluding hydrogens is 156 g/mol. The third-order valence-electron chi connectivity index (χ3n) is 1.38. The number of unbranched alkanes of at least 4 members (excludes halogenated alkanes) is 1. The van der Waals surface area contributed by atoms with Crippen LogP contribution in [0.2, 0.25) is 0 Å². The van der Waals surface area contributed by atoms with Crippen LogP contribution in [-0.4, -0.2) is 24.4 Å². The molecule has 0 aromatic rings. The summed E-state index contributed by atoms with van der Waals surface area (Å²) in [7, 11) is 0. The van der Waals surface area contributed by atoms with Crippen molar-refractivity contribution in [3.63, 3.8) is 0 Å². The molecule has 0 spiro atoms. The molecule has 0 atom stereocenters. The number of nitrogens with zero attached hydrogens (tertiary/aromatic N) is 2. The van der Waals surface area contributed by atoms with E-state index in [0.717, 1.165) is 12.8 Å². The van der Waals surface area contributed by atoms with E-state index < -0.39 is 0 Å². The van der Waals surface area contributed by atoms with Crippen molar-refractivity contribution in [2.45, 2.75) is 26.2 Å². The van der Waals surface area contributed by atoms with Crippen molar-refractivity contribution in [3.8, 4) is 0 Å². The third kappa shape index (κ3) is 2.74. The molecule has 0 saturated carbocycles. The van der Waals surface area contributed by atoms with E-state index in [1.165, 1.54) is 12.4 Å². The van der Waals surface area contributed by atoms with Gasteiger partial charge < -0.3 is 0 Å². The topological polar surface area (TPSA) is 53.1 Å². The number of carbonyl (C=O) groups is 1. The molecule has 0 radical (unpaired) electrons. The summed E-state index contributed by atoms with van der Waals surface area (Å²) in [5.41, 5.74) is 0. The normalized spacial score (nSPS) is 13.9. The lowest BCUT2D eigenvalue weighted by atomic mass is 10.3. The highest BCUT2D eigenvalue weighted by molar-refractivity contribution is 6.25. The SMILES string of the molecule is CCCCC(=O)[O+]=C1N=CC=N1. The van der Waals surface area contributed by atoms with Crippen LogP contribution in [0.4, 0.5) is 4.42 Å². The van der Waals surface area contributed by atoms with Gasteiger partial charge in [0.25, 0.3) is 0 Å². The summed E-state index contributed by atoms with van der Waals surface area (Å²) < 4.78 is 4.80. The highest BCUT2D eigenvalue weighted by Crippen LogP contribution is 2.02. The Labute approximate surface area is 70.7 Å². The van der Waals surface area contributed by atoms with Crippen LogP contribution in [0.3, 0.4) is 0 Å². The number of aliphatic imine (C=N–C) groups is 2. The second-order valence-corrected chi connectivity index (χ2v) is 2.42. The monoisotopic (exact) mass is 167 g/mol. The van der Waals surface area contributed by atoms with Gasteiger partial charge in [-0.05, 0) is 6.42 Å². The molecule has 0 saturated heterocycles. The van der Waals surface area contributed by atoms with Gasteiger partial charge in [-0.1, -0.05) is 13.3 Å². The van der Waals surface area contributed by atoms with E-state index in [1.54, 1.807) is 0 Å². The molecule has 0 aliphatic carbocycles. The molecule has 12 heavy (non-hydrogen) atoms. The van der Waals surface area contributed by atoms with Crippen LogP contribution in [0, 0.1) is 0 Å². The predicted octanol–water partition coefficient (Wildman–Crippen LogP) is 1.51. The summed E-state index contributed by atoms with van der Waals surface area (Å²) in [6.07, 6.45) is 5.24. The van der Waals surface area contributed by atoms with Gasteiger partial charge in [-0.15, -0.1) is 0 Å². The van der Waals surface area contributed by atoms with Gasteiger partial charge in [0, 0.05) is 4.79 Å². The van der Waals surface area contributed by atoms with Crippen molar-refractivity contribution in [3.05, 3.63) is 0 Å². The Balaban J connectivity index is 2.39. The fourth-order valence-electron chi connectivity index (χ4n) is 0.754. The van der Waals surface area contributed by atoms with E-state index in [9.17, 15) is 4.79 Å². The minimum Gasteiger partial charge on any atom is -0.232 e. The average molecular weight is 167 g/mol. The molecular formula is C8H11N2O2+. The van der Waals surface area contributed by atoms with Gasteiger partial charge >= 0.3 is 12.0 Å². The van der Waals surface area contributed by atoms with Crippen LogP contribution in [0.1, 0.15) is 26.2 Å². The smallest absolute Gasteiger partial charge is 0.232 e. The van der Waals surface area contributed by atoms with Crippen LogP contribution < -0.4 is 0 Å². The number of hydrogen-bond acceptors (Lipinski definition) is 1.